The summed E-state index contributed by atoms with van der Waals surface area (Å²) in [6.07, 6.45) is 0.679. The van der Waals surface area contributed by atoms with Gasteiger partial charge in [0, 0.05) is 19.8 Å². The first kappa shape index (κ1) is 14.7. The van der Waals surface area contributed by atoms with E-state index in [2.05, 4.69) is 24.3 Å². The number of carbonyl (C=O) groups excluding carboxylic acids is 1. The van der Waals surface area contributed by atoms with Crippen molar-refractivity contribution in [2.75, 3.05) is 19.8 Å². The summed E-state index contributed by atoms with van der Waals surface area (Å²) in [5.41, 5.74) is 5.17. The molecule has 0 radical (unpaired) electrons. The van der Waals surface area contributed by atoms with Crippen molar-refractivity contribution in [1.29, 1.82) is 0 Å². The highest BCUT2D eigenvalue weighted by atomic mass is 16.5. The number of nitrogens with one attached hydrogen (secondary N) is 1. The summed E-state index contributed by atoms with van der Waals surface area (Å²) in [6.45, 7) is 6.06. The van der Waals surface area contributed by atoms with Gasteiger partial charge >= 0.3 is 0 Å². The molecule has 0 aliphatic heterocycles. The molecule has 0 saturated carbocycles. The summed E-state index contributed by atoms with van der Waals surface area (Å²) in [7, 11) is 0. The van der Waals surface area contributed by atoms with Crippen molar-refractivity contribution in [3.05, 3.63) is 0 Å². The molecule has 0 bridgehead atoms. The molecule has 0 aromatic carbocycles. The Bertz CT molecular complexity index is 229. The van der Waals surface area contributed by atoms with Crippen LogP contribution in [-0.2, 0) is 9.53 Å². The molecule has 16 heavy (non-hydrogen) atoms. The molecule has 0 aliphatic rings. The summed E-state index contributed by atoms with van der Waals surface area (Å²) in [6, 6.07) is 0. The molecule has 4 N–H and O–H groups in total. The van der Waals surface area contributed by atoms with Crippen LogP contribution in [0.2, 0.25) is 0 Å². The maximum absolute atomic E-state index is 11.1. The van der Waals surface area contributed by atoms with Crippen molar-refractivity contribution in [2.24, 2.45) is 16.8 Å². The van der Waals surface area contributed by atoms with Gasteiger partial charge < -0.3 is 21.0 Å². The number of oxime groups is 1. The van der Waals surface area contributed by atoms with Crippen molar-refractivity contribution in [1.82, 2.24) is 5.32 Å². The van der Waals surface area contributed by atoms with Gasteiger partial charge in [0.25, 0.3) is 0 Å². The maximum Gasteiger partial charge on any atom is 0.227 e. The minimum Gasteiger partial charge on any atom is -0.409 e. The monoisotopic (exact) mass is 231 g/mol. The van der Waals surface area contributed by atoms with Crippen LogP contribution in [0.3, 0.4) is 0 Å². The van der Waals surface area contributed by atoms with Crippen LogP contribution >= 0.6 is 0 Å². The second kappa shape index (κ2) is 8.96. The second-order valence-corrected chi connectivity index (χ2v) is 3.94. The number of hydrogen-bond acceptors (Lipinski definition) is 4. The van der Waals surface area contributed by atoms with Crippen LogP contribution < -0.4 is 11.1 Å². The fraction of sp³-hybridized carbons (Fsp3) is 0.800. The van der Waals surface area contributed by atoms with Gasteiger partial charge in [0.15, 0.2) is 0 Å². The van der Waals surface area contributed by atoms with Crippen LogP contribution in [0.4, 0.5) is 0 Å². The molecule has 0 saturated heterocycles. The number of amides is 1. The highest BCUT2D eigenvalue weighted by Gasteiger charge is 2.03. The van der Waals surface area contributed by atoms with E-state index in [-0.39, 0.29) is 18.2 Å². The SMILES string of the molecule is CC(C)COCCCNC(=O)CC(N)=NO. The Balaban J connectivity index is 3.35. The summed E-state index contributed by atoms with van der Waals surface area (Å²) in [5, 5.41) is 13.6. The standard InChI is InChI=1S/C10H21N3O3/c1-8(2)7-16-5-3-4-12-10(14)6-9(11)13-15/h8,15H,3-7H2,1-2H3,(H2,11,13)(H,12,14). The van der Waals surface area contributed by atoms with Crippen molar-refractivity contribution in [2.45, 2.75) is 26.7 Å². The zero-order valence-electron chi connectivity index (χ0n) is 9.90. The van der Waals surface area contributed by atoms with Gasteiger partial charge in [0.2, 0.25) is 5.91 Å². The zero-order chi connectivity index (χ0) is 12.4. The van der Waals surface area contributed by atoms with E-state index in [1.807, 2.05) is 0 Å². The lowest BCUT2D eigenvalue weighted by molar-refractivity contribution is -0.120. The summed E-state index contributed by atoms with van der Waals surface area (Å²) in [5.74, 6) is 0.183. The lowest BCUT2D eigenvalue weighted by Crippen LogP contribution is -2.29. The van der Waals surface area contributed by atoms with Gasteiger partial charge in [-0.3, -0.25) is 4.79 Å². The number of amidine groups is 1. The van der Waals surface area contributed by atoms with Crippen molar-refractivity contribution >= 4 is 11.7 Å². The predicted octanol–water partition coefficient (Wildman–Crippen LogP) is 0.302. The van der Waals surface area contributed by atoms with Crippen LogP contribution in [0.15, 0.2) is 5.16 Å². The third kappa shape index (κ3) is 9.26. The molecule has 0 heterocycles. The average molecular weight is 231 g/mol. The normalized spacial score (nSPS) is 11.8. The fourth-order valence-electron chi connectivity index (χ4n) is 0.983. The number of nitrogens with zero attached hydrogens (tertiary/aromatic N) is 1. The fourth-order valence-corrected chi connectivity index (χ4v) is 0.983. The molecule has 6 nitrogen and oxygen atoms in total. The molecule has 0 aliphatic carbocycles. The largest absolute Gasteiger partial charge is 0.409 e. The van der Waals surface area contributed by atoms with E-state index in [4.69, 9.17) is 15.7 Å². The first-order chi connectivity index (χ1) is 7.56. The zero-order valence-corrected chi connectivity index (χ0v) is 9.90. The van der Waals surface area contributed by atoms with Crippen molar-refractivity contribution in [3.63, 3.8) is 0 Å². The number of carbonyl (C=O) groups is 1. The Labute approximate surface area is 95.8 Å². The molecule has 6 heteroatoms. The van der Waals surface area contributed by atoms with Crippen LogP contribution in [0.5, 0.6) is 0 Å². The Hall–Kier alpha value is -1.30. The lowest BCUT2D eigenvalue weighted by Gasteiger charge is -2.07. The topological polar surface area (TPSA) is 96.9 Å². The molecule has 1 amide bonds. The number of rotatable bonds is 8. The van der Waals surface area contributed by atoms with Gasteiger partial charge in [0.1, 0.15) is 5.84 Å². The summed E-state index contributed by atoms with van der Waals surface area (Å²) >= 11 is 0. The second-order valence-electron chi connectivity index (χ2n) is 3.94. The number of ether oxygens (including phenoxy) is 1. The predicted molar refractivity (Wildman–Crippen MR) is 61.3 cm³/mol. The molecule has 0 fully saturated rings. The van der Waals surface area contributed by atoms with E-state index in [0.717, 1.165) is 13.0 Å². The Morgan fingerprint density at radius 3 is 2.81 bits per heavy atom. The van der Waals surface area contributed by atoms with E-state index in [9.17, 15) is 4.79 Å². The third-order valence-electron chi connectivity index (χ3n) is 1.71. The smallest absolute Gasteiger partial charge is 0.227 e. The van der Waals surface area contributed by atoms with Crippen LogP contribution in [0.25, 0.3) is 0 Å². The number of hydrogen-bond donors (Lipinski definition) is 3. The first-order valence-electron chi connectivity index (χ1n) is 5.37. The van der Waals surface area contributed by atoms with Gasteiger partial charge in [-0.2, -0.15) is 0 Å². The molecule has 0 spiro atoms. The Kier molecular flexibility index (Phi) is 8.24. The molecule has 0 rings (SSSR count). The average Bonchev–Trinajstić information content (AvgIpc) is 2.22. The van der Waals surface area contributed by atoms with Crippen molar-refractivity contribution in [3.8, 4) is 0 Å². The molecular formula is C10H21N3O3. The first-order valence-corrected chi connectivity index (χ1v) is 5.37. The van der Waals surface area contributed by atoms with Crippen LogP contribution in [0, 0.1) is 5.92 Å². The highest BCUT2D eigenvalue weighted by Crippen LogP contribution is 1.92. The molecule has 0 unspecified atom stereocenters. The van der Waals surface area contributed by atoms with Crippen LogP contribution in [-0.4, -0.2) is 36.7 Å². The van der Waals surface area contributed by atoms with E-state index in [0.29, 0.717) is 19.1 Å². The lowest BCUT2D eigenvalue weighted by atomic mass is 10.2. The molecule has 0 atom stereocenters. The van der Waals surface area contributed by atoms with Gasteiger partial charge in [-0.1, -0.05) is 19.0 Å². The summed E-state index contributed by atoms with van der Waals surface area (Å²) < 4.78 is 5.34. The minimum atomic E-state index is -0.251. The molecular weight excluding hydrogens is 210 g/mol. The van der Waals surface area contributed by atoms with E-state index >= 15 is 0 Å². The molecule has 0 aromatic heterocycles. The highest BCUT2D eigenvalue weighted by molar-refractivity contribution is 5.98. The maximum atomic E-state index is 11.1. The van der Waals surface area contributed by atoms with E-state index in [1.165, 1.54) is 0 Å². The molecule has 94 valence electrons. The number of nitrogens with two attached hydrogens (primary N) is 1. The van der Waals surface area contributed by atoms with Gasteiger partial charge in [0.05, 0.1) is 6.42 Å². The van der Waals surface area contributed by atoms with E-state index < -0.39 is 0 Å². The van der Waals surface area contributed by atoms with Gasteiger partial charge in [-0.05, 0) is 12.3 Å². The third-order valence-corrected chi connectivity index (χ3v) is 1.71. The Morgan fingerprint density at radius 1 is 1.56 bits per heavy atom. The quantitative estimate of drug-likeness (QED) is 0.184. The van der Waals surface area contributed by atoms with Gasteiger partial charge in [-0.25, -0.2) is 0 Å². The summed E-state index contributed by atoms with van der Waals surface area (Å²) in [4.78, 5) is 11.1. The van der Waals surface area contributed by atoms with Crippen LogP contribution in [0.1, 0.15) is 26.7 Å². The van der Waals surface area contributed by atoms with Gasteiger partial charge in [-0.15, -0.1) is 0 Å². The van der Waals surface area contributed by atoms with E-state index in [1.54, 1.807) is 0 Å². The molecule has 0 aromatic rings. The minimum absolute atomic E-state index is 0.0800. The van der Waals surface area contributed by atoms with Crippen molar-refractivity contribution < 1.29 is 14.7 Å². The Morgan fingerprint density at radius 2 is 2.25 bits per heavy atom.